The Bertz CT molecular complexity index is 973. The van der Waals surface area contributed by atoms with E-state index in [1.807, 2.05) is 12.1 Å². The number of amides is 1. The molecule has 1 saturated heterocycles. The van der Waals surface area contributed by atoms with Crippen molar-refractivity contribution in [2.45, 2.75) is 12.3 Å². The second kappa shape index (κ2) is 7.67. The average molecular weight is 380 g/mol. The molecule has 0 spiro atoms. The van der Waals surface area contributed by atoms with Crippen LogP contribution in [0.2, 0.25) is 0 Å². The van der Waals surface area contributed by atoms with E-state index in [0.29, 0.717) is 41.9 Å². The van der Waals surface area contributed by atoms with Crippen molar-refractivity contribution in [2.75, 3.05) is 27.3 Å². The van der Waals surface area contributed by atoms with Gasteiger partial charge in [0.25, 0.3) is 5.91 Å². The number of pyridine rings is 1. The molecule has 2 aromatic heterocycles. The summed E-state index contributed by atoms with van der Waals surface area (Å²) >= 11 is 0. The number of likely N-dealkylation sites (tertiary alicyclic amines) is 1. The molecule has 0 bridgehead atoms. The molecule has 0 aliphatic carbocycles. The van der Waals surface area contributed by atoms with E-state index in [1.54, 1.807) is 49.7 Å². The molecule has 8 nitrogen and oxygen atoms in total. The van der Waals surface area contributed by atoms with Crippen molar-refractivity contribution in [3.63, 3.8) is 0 Å². The maximum atomic E-state index is 12.9. The molecule has 1 amide bonds. The van der Waals surface area contributed by atoms with Gasteiger partial charge in [-0.05, 0) is 36.8 Å². The first kappa shape index (κ1) is 18.0. The molecule has 144 valence electrons. The van der Waals surface area contributed by atoms with E-state index < -0.39 is 0 Å². The van der Waals surface area contributed by atoms with Crippen LogP contribution in [0.4, 0.5) is 0 Å². The van der Waals surface area contributed by atoms with Crippen molar-refractivity contribution in [3.8, 4) is 23.0 Å². The zero-order valence-electron chi connectivity index (χ0n) is 15.7. The van der Waals surface area contributed by atoms with Gasteiger partial charge in [-0.25, -0.2) is 0 Å². The summed E-state index contributed by atoms with van der Waals surface area (Å²) in [5.74, 6) is 2.06. The summed E-state index contributed by atoms with van der Waals surface area (Å²) in [6.07, 6.45) is 4.14. The Balaban J connectivity index is 1.47. The fourth-order valence-electron chi connectivity index (χ4n) is 3.30. The minimum atomic E-state index is -0.0598. The van der Waals surface area contributed by atoms with Gasteiger partial charge < -0.3 is 18.8 Å². The van der Waals surface area contributed by atoms with Gasteiger partial charge >= 0.3 is 0 Å². The van der Waals surface area contributed by atoms with E-state index in [2.05, 4.69) is 15.2 Å². The Labute approximate surface area is 162 Å². The number of hydrogen-bond acceptors (Lipinski definition) is 7. The molecule has 8 heteroatoms. The minimum Gasteiger partial charge on any atom is -0.493 e. The van der Waals surface area contributed by atoms with Gasteiger partial charge in [-0.1, -0.05) is 0 Å². The molecular formula is C20H20N4O4. The van der Waals surface area contributed by atoms with Crippen molar-refractivity contribution in [2.24, 2.45) is 0 Å². The fraction of sp³-hybridized carbons (Fsp3) is 0.300. The zero-order chi connectivity index (χ0) is 19.5. The number of benzene rings is 1. The molecule has 1 aliphatic heterocycles. The number of carbonyl (C=O) groups excluding carboxylic acids is 1. The number of ether oxygens (including phenoxy) is 2. The van der Waals surface area contributed by atoms with E-state index in [0.717, 1.165) is 12.0 Å². The number of carbonyl (C=O) groups is 1. The molecule has 3 aromatic rings. The van der Waals surface area contributed by atoms with Crippen LogP contribution in [-0.4, -0.2) is 53.3 Å². The number of rotatable bonds is 5. The zero-order valence-corrected chi connectivity index (χ0v) is 15.7. The molecule has 1 fully saturated rings. The van der Waals surface area contributed by atoms with Crippen LogP contribution in [0.1, 0.15) is 28.6 Å². The smallest absolute Gasteiger partial charge is 0.254 e. The highest BCUT2D eigenvalue weighted by molar-refractivity contribution is 5.95. The van der Waals surface area contributed by atoms with Gasteiger partial charge in [-0.3, -0.25) is 9.78 Å². The maximum Gasteiger partial charge on any atom is 0.254 e. The fourth-order valence-corrected chi connectivity index (χ4v) is 3.30. The molecule has 0 N–H and O–H groups in total. The lowest BCUT2D eigenvalue weighted by Gasteiger charge is -2.17. The first-order valence-corrected chi connectivity index (χ1v) is 8.94. The van der Waals surface area contributed by atoms with Crippen LogP contribution in [0, 0.1) is 0 Å². The summed E-state index contributed by atoms with van der Waals surface area (Å²) in [6.45, 7) is 1.16. The molecule has 4 rings (SSSR count). The molecular weight excluding hydrogens is 360 g/mol. The molecule has 0 saturated carbocycles. The third-order valence-corrected chi connectivity index (χ3v) is 4.80. The summed E-state index contributed by atoms with van der Waals surface area (Å²) < 4.78 is 16.3. The van der Waals surface area contributed by atoms with Gasteiger partial charge in [0, 0.05) is 31.0 Å². The highest BCUT2D eigenvalue weighted by Gasteiger charge is 2.31. The van der Waals surface area contributed by atoms with Crippen LogP contribution >= 0.6 is 0 Å². The van der Waals surface area contributed by atoms with Gasteiger partial charge in [0.2, 0.25) is 11.8 Å². The van der Waals surface area contributed by atoms with E-state index in [1.165, 1.54) is 0 Å². The average Bonchev–Trinajstić information content (AvgIpc) is 3.43. The summed E-state index contributed by atoms with van der Waals surface area (Å²) in [6, 6.07) is 8.86. The molecule has 1 atom stereocenters. The monoisotopic (exact) mass is 380 g/mol. The van der Waals surface area contributed by atoms with E-state index in [9.17, 15) is 4.79 Å². The highest BCUT2D eigenvalue weighted by Crippen LogP contribution is 2.31. The molecule has 1 aromatic carbocycles. The van der Waals surface area contributed by atoms with Crippen LogP contribution in [0.15, 0.2) is 47.1 Å². The summed E-state index contributed by atoms with van der Waals surface area (Å²) in [4.78, 5) is 18.7. The van der Waals surface area contributed by atoms with Crippen LogP contribution in [0.5, 0.6) is 11.5 Å². The van der Waals surface area contributed by atoms with Crippen molar-refractivity contribution >= 4 is 5.91 Å². The molecule has 28 heavy (non-hydrogen) atoms. The van der Waals surface area contributed by atoms with Crippen molar-refractivity contribution in [1.29, 1.82) is 0 Å². The maximum absolute atomic E-state index is 12.9. The van der Waals surface area contributed by atoms with E-state index in [-0.39, 0.29) is 11.8 Å². The minimum absolute atomic E-state index is 0.0158. The predicted octanol–water partition coefficient (Wildman–Crippen LogP) is 2.78. The number of methoxy groups -OCH3 is 2. The Morgan fingerprint density at radius 2 is 2.04 bits per heavy atom. The quantitative estimate of drug-likeness (QED) is 0.672. The first-order valence-electron chi connectivity index (χ1n) is 8.94. The molecule has 0 radical (unpaired) electrons. The Morgan fingerprint density at radius 3 is 2.79 bits per heavy atom. The highest BCUT2D eigenvalue weighted by atomic mass is 16.5. The topological polar surface area (TPSA) is 90.6 Å². The van der Waals surface area contributed by atoms with Crippen molar-refractivity contribution in [1.82, 2.24) is 20.1 Å². The predicted molar refractivity (Wildman–Crippen MR) is 100 cm³/mol. The lowest BCUT2D eigenvalue weighted by Crippen LogP contribution is -2.28. The van der Waals surface area contributed by atoms with Gasteiger partial charge in [0.05, 0.1) is 25.7 Å². The van der Waals surface area contributed by atoms with Gasteiger partial charge in [-0.15, -0.1) is 10.2 Å². The van der Waals surface area contributed by atoms with Crippen LogP contribution in [0.3, 0.4) is 0 Å². The molecule has 0 unspecified atom stereocenters. The lowest BCUT2D eigenvalue weighted by molar-refractivity contribution is 0.0789. The van der Waals surface area contributed by atoms with Gasteiger partial charge in [0.1, 0.15) is 0 Å². The Hall–Kier alpha value is -3.42. The second-order valence-corrected chi connectivity index (χ2v) is 6.49. The summed E-state index contributed by atoms with van der Waals surface area (Å²) in [5, 5.41) is 8.28. The molecule has 3 heterocycles. The Morgan fingerprint density at radius 1 is 1.18 bits per heavy atom. The third kappa shape index (κ3) is 3.40. The number of nitrogens with zero attached hydrogens (tertiary/aromatic N) is 4. The Kier molecular flexibility index (Phi) is 4.92. The first-order chi connectivity index (χ1) is 13.7. The standard InChI is InChI=1S/C20H20N4O4/c1-26-16-6-5-13(10-17(16)27-2)20(25)24-9-7-15(12-24)19-23-22-18(28-19)14-4-3-8-21-11-14/h3-6,8,10-11,15H,7,9,12H2,1-2H3/t15-/m0/s1. The number of hydrogen-bond donors (Lipinski definition) is 0. The second-order valence-electron chi connectivity index (χ2n) is 6.49. The summed E-state index contributed by atoms with van der Waals surface area (Å²) in [7, 11) is 3.11. The van der Waals surface area contributed by atoms with Crippen molar-refractivity contribution in [3.05, 3.63) is 54.2 Å². The van der Waals surface area contributed by atoms with Crippen LogP contribution < -0.4 is 9.47 Å². The van der Waals surface area contributed by atoms with Gasteiger partial charge in [0.15, 0.2) is 11.5 Å². The molecule has 1 aliphatic rings. The number of aromatic nitrogens is 3. The third-order valence-electron chi connectivity index (χ3n) is 4.80. The van der Waals surface area contributed by atoms with E-state index in [4.69, 9.17) is 13.9 Å². The SMILES string of the molecule is COc1ccc(C(=O)N2CC[C@H](c3nnc(-c4cccnc4)o3)C2)cc1OC. The largest absolute Gasteiger partial charge is 0.493 e. The van der Waals surface area contributed by atoms with Gasteiger partial charge in [-0.2, -0.15) is 0 Å². The van der Waals surface area contributed by atoms with E-state index >= 15 is 0 Å². The lowest BCUT2D eigenvalue weighted by atomic mass is 10.1. The van der Waals surface area contributed by atoms with Crippen molar-refractivity contribution < 1.29 is 18.7 Å². The van der Waals surface area contributed by atoms with Crippen LogP contribution in [-0.2, 0) is 0 Å². The van der Waals surface area contributed by atoms with Crippen LogP contribution in [0.25, 0.3) is 11.5 Å². The normalized spacial score (nSPS) is 16.2. The summed E-state index contributed by atoms with van der Waals surface area (Å²) in [5.41, 5.74) is 1.33.